The van der Waals surface area contributed by atoms with Crippen molar-refractivity contribution >= 4 is 44.1 Å². The molecule has 8 nitrogen and oxygen atoms in total. The Hall–Kier alpha value is -3.24. The van der Waals surface area contributed by atoms with Crippen LogP contribution < -0.4 is 10.0 Å². The van der Waals surface area contributed by atoms with Crippen LogP contribution in [-0.2, 0) is 26.2 Å². The van der Waals surface area contributed by atoms with Crippen molar-refractivity contribution in [2.75, 3.05) is 10.0 Å². The van der Waals surface area contributed by atoms with Gasteiger partial charge in [0.25, 0.3) is 10.0 Å². The first-order valence-corrected chi connectivity index (χ1v) is 12.0. The van der Waals surface area contributed by atoms with Crippen LogP contribution in [0.25, 0.3) is 0 Å². The maximum atomic E-state index is 13.1. The standard InChI is InChI=1S/C22H23N3O5S2/c1-13-9-14(2)20(15(3)10-13)32(28,29)25-19-8-6-5-7-18(19)21(27)30-11-17-12-31-22(24-17)23-16(4)26/h5-10,12,25H,11H2,1-4H3,(H,23,24,26). The minimum absolute atomic E-state index is 0.0795. The van der Waals surface area contributed by atoms with Crippen molar-refractivity contribution in [3.05, 3.63) is 69.7 Å². The largest absolute Gasteiger partial charge is 0.455 e. The van der Waals surface area contributed by atoms with E-state index in [0.717, 1.165) is 5.56 Å². The van der Waals surface area contributed by atoms with Gasteiger partial charge in [0, 0.05) is 12.3 Å². The molecule has 0 radical (unpaired) electrons. The number of hydrogen-bond acceptors (Lipinski definition) is 7. The lowest BCUT2D eigenvalue weighted by molar-refractivity contribution is -0.114. The quantitative estimate of drug-likeness (QED) is 0.498. The van der Waals surface area contributed by atoms with Gasteiger partial charge in [0.15, 0.2) is 5.13 Å². The van der Waals surface area contributed by atoms with E-state index in [0.29, 0.717) is 22.0 Å². The molecule has 0 unspecified atom stereocenters. The van der Waals surface area contributed by atoms with Gasteiger partial charge < -0.3 is 10.1 Å². The molecule has 3 aromatic rings. The van der Waals surface area contributed by atoms with Gasteiger partial charge in [-0.1, -0.05) is 29.8 Å². The third kappa shape index (κ3) is 5.51. The molecule has 0 saturated heterocycles. The number of benzene rings is 2. The zero-order valence-electron chi connectivity index (χ0n) is 18.1. The number of amides is 1. The van der Waals surface area contributed by atoms with E-state index in [2.05, 4.69) is 15.0 Å². The van der Waals surface area contributed by atoms with Crippen LogP contribution in [0.5, 0.6) is 0 Å². The summed E-state index contributed by atoms with van der Waals surface area (Å²) in [6.45, 7) is 6.62. The van der Waals surface area contributed by atoms with E-state index in [1.54, 1.807) is 43.5 Å². The molecule has 0 aliphatic rings. The molecule has 2 aromatic carbocycles. The van der Waals surface area contributed by atoms with Gasteiger partial charge in [-0.3, -0.25) is 9.52 Å². The van der Waals surface area contributed by atoms with E-state index in [1.807, 2.05) is 6.92 Å². The minimum atomic E-state index is -3.93. The minimum Gasteiger partial charge on any atom is -0.455 e. The summed E-state index contributed by atoms with van der Waals surface area (Å²) in [5.41, 5.74) is 2.87. The second kappa shape index (κ2) is 9.49. The Bertz CT molecular complexity index is 1260. The fourth-order valence-electron chi connectivity index (χ4n) is 3.34. The Balaban J connectivity index is 1.79. The maximum absolute atomic E-state index is 13.1. The zero-order valence-corrected chi connectivity index (χ0v) is 19.7. The summed E-state index contributed by atoms with van der Waals surface area (Å²) in [6, 6.07) is 9.83. The Kier molecular flexibility index (Phi) is 6.95. The fourth-order valence-corrected chi connectivity index (χ4v) is 5.61. The van der Waals surface area contributed by atoms with Gasteiger partial charge in [-0.05, 0) is 44.0 Å². The highest BCUT2D eigenvalue weighted by Crippen LogP contribution is 2.26. The van der Waals surface area contributed by atoms with Gasteiger partial charge in [0.2, 0.25) is 5.91 Å². The Labute approximate surface area is 190 Å². The number of hydrogen-bond donors (Lipinski definition) is 2. The van der Waals surface area contributed by atoms with Crippen molar-refractivity contribution in [3.63, 3.8) is 0 Å². The molecule has 2 N–H and O–H groups in total. The third-order valence-electron chi connectivity index (χ3n) is 4.45. The van der Waals surface area contributed by atoms with E-state index >= 15 is 0 Å². The number of carbonyl (C=O) groups excluding carboxylic acids is 2. The summed E-state index contributed by atoms with van der Waals surface area (Å²) in [5.74, 6) is -0.946. The lowest BCUT2D eigenvalue weighted by atomic mass is 10.1. The number of anilines is 2. The van der Waals surface area contributed by atoms with Crippen LogP contribution in [0.3, 0.4) is 0 Å². The summed E-state index contributed by atoms with van der Waals surface area (Å²) < 4.78 is 34.0. The molecule has 32 heavy (non-hydrogen) atoms. The molecule has 0 saturated carbocycles. The van der Waals surface area contributed by atoms with E-state index < -0.39 is 16.0 Å². The van der Waals surface area contributed by atoms with Crippen LogP contribution in [-0.4, -0.2) is 25.3 Å². The molecule has 0 bridgehead atoms. The van der Waals surface area contributed by atoms with Crippen molar-refractivity contribution in [2.45, 2.75) is 39.2 Å². The molecule has 1 amide bonds. The number of nitrogens with one attached hydrogen (secondary N) is 2. The first kappa shape index (κ1) is 23.4. The Morgan fingerprint density at radius 1 is 1.09 bits per heavy atom. The average molecular weight is 474 g/mol. The second-order valence-corrected chi connectivity index (χ2v) is 9.76. The number of carbonyl (C=O) groups is 2. The van der Waals surface area contributed by atoms with Crippen molar-refractivity contribution in [2.24, 2.45) is 0 Å². The molecule has 0 aliphatic carbocycles. The normalized spacial score (nSPS) is 11.1. The molecule has 168 valence electrons. The van der Waals surface area contributed by atoms with Gasteiger partial charge in [0.05, 0.1) is 21.8 Å². The molecular formula is C22H23N3O5S2. The van der Waals surface area contributed by atoms with Crippen molar-refractivity contribution in [1.82, 2.24) is 4.98 Å². The van der Waals surface area contributed by atoms with Crippen LogP contribution in [0.15, 0.2) is 46.7 Å². The number of thiazole rings is 1. The van der Waals surface area contributed by atoms with Gasteiger partial charge in [-0.2, -0.15) is 0 Å². The Morgan fingerprint density at radius 2 is 1.75 bits per heavy atom. The van der Waals surface area contributed by atoms with Crippen molar-refractivity contribution in [3.8, 4) is 0 Å². The van der Waals surface area contributed by atoms with Gasteiger partial charge >= 0.3 is 5.97 Å². The SMILES string of the molecule is CC(=O)Nc1nc(COC(=O)c2ccccc2NS(=O)(=O)c2c(C)cc(C)cc2C)cs1. The number of aromatic nitrogens is 1. The lowest BCUT2D eigenvalue weighted by Gasteiger charge is -2.15. The van der Waals surface area contributed by atoms with Crippen LogP contribution in [0.2, 0.25) is 0 Å². The van der Waals surface area contributed by atoms with Crippen LogP contribution >= 0.6 is 11.3 Å². The topological polar surface area (TPSA) is 114 Å². The number of ether oxygens (including phenoxy) is 1. The van der Waals surface area contributed by atoms with Gasteiger partial charge in [-0.25, -0.2) is 18.2 Å². The summed E-state index contributed by atoms with van der Waals surface area (Å²) in [6.07, 6.45) is 0. The number of esters is 1. The van der Waals surface area contributed by atoms with E-state index in [-0.39, 0.29) is 28.7 Å². The molecule has 3 rings (SSSR count). The fraction of sp³-hybridized carbons (Fsp3) is 0.227. The van der Waals surface area contributed by atoms with Crippen molar-refractivity contribution < 1.29 is 22.7 Å². The highest BCUT2D eigenvalue weighted by molar-refractivity contribution is 7.92. The monoisotopic (exact) mass is 473 g/mol. The van der Waals surface area contributed by atoms with Gasteiger partial charge in [0.1, 0.15) is 6.61 Å². The number of rotatable bonds is 7. The molecule has 0 atom stereocenters. The average Bonchev–Trinajstić information content (AvgIpc) is 3.11. The van der Waals surface area contributed by atoms with Crippen LogP contribution in [0.1, 0.15) is 39.7 Å². The predicted molar refractivity (Wildman–Crippen MR) is 123 cm³/mol. The molecule has 0 spiro atoms. The number of sulfonamides is 1. The van der Waals surface area contributed by atoms with Gasteiger partial charge in [-0.15, -0.1) is 11.3 Å². The Morgan fingerprint density at radius 3 is 2.41 bits per heavy atom. The molecular weight excluding hydrogens is 450 g/mol. The van der Waals surface area contributed by atoms with E-state index in [4.69, 9.17) is 4.74 Å². The summed E-state index contributed by atoms with van der Waals surface area (Å²) >= 11 is 1.21. The predicted octanol–water partition coefficient (Wildman–Crippen LogP) is 4.18. The zero-order chi connectivity index (χ0) is 23.5. The van der Waals surface area contributed by atoms with Crippen LogP contribution in [0.4, 0.5) is 10.8 Å². The third-order valence-corrected chi connectivity index (χ3v) is 6.93. The first-order valence-electron chi connectivity index (χ1n) is 9.65. The summed E-state index contributed by atoms with van der Waals surface area (Å²) in [4.78, 5) is 28.1. The first-order chi connectivity index (χ1) is 15.1. The smallest absolute Gasteiger partial charge is 0.340 e. The van der Waals surface area contributed by atoms with Crippen LogP contribution in [0, 0.1) is 20.8 Å². The highest BCUT2D eigenvalue weighted by Gasteiger charge is 2.23. The summed E-state index contributed by atoms with van der Waals surface area (Å²) in [5, 5.41) is 4.62. The molecule has 0 fully saturated rings. The van der Waals surface area contributed by atoms with Crippen molar-refractivity contribution in [1.29, 1.82) is 0 Å². The molecule has 10 heteroatoms. The molecule has 1 aromatic heterocycles. The highest BCUT2D eigenvalue weighted by atomic mass is 32.2. The maximum Gasteiger partial charge on any atom is 0.340 e. The molecule has 0 aliphatic heterocycles. The van der Waals surface area contributed by atoms with E-state index in [9.17, 15) is 18.0 Å². The number of para-hydroxylation sites is 1. The number of aryl methyl sites for hydroxylation is 3. The second-order valence-electron chi connectivity index (χ2n) is 7.28. The molecule has 1 heterocycles. The lowest BCUT2D eigenvalue weighted by Crippen LogP contribution is -2.18. The summed E-state index contributed by atoms with van der Waals surface area (Å²) in [7, 11) is -3.93. The van der Waals surface area contributed by atoms with E-state index in [1.165, 1.54) is 30.4 Å². The number of nitrogens with zero attached hydrogens (tertiary/aromatic N) is 1.